The molecule has 1 aromatic carbocycles. The standard InChI is InChI=1S/C20H27N5O3/c1-15(2)22-19(27)14-23-9-11-24(12-10-23)20(28)7-8-25-17-6-4-3-5-16(17)18(26)13-21-25/h3-6,13,15H,7-12,14H2,1-2H3,(H,22,27). The molecule has 0 saturated carbocycles. The number of carbonyl (C=O) groups excluding carboxylic acids is 2. The zero-order valence-electron chi connectivity index (χ0n) is 16.4. The van der Waals surface area contributed by atoms with Crippen molar-refractivity contribution in [3.8, 4) is 0 Å². The van der Waals surface area contributed by atoms with Gasteiger partial charge in [0.1, 0.15) is 0 Å². The van der Waals surface area contributed by atoms with Crippen molar-refractivity contribution in [2.45, 2.75) is 32.9 Å². The van der Waals surface area contributed by atoms with E-state index in [9.17, 15) is 14.4 Å². The molecule has 0 atom stereocenters. The number of piperazine rings is 1. The first kappa shape index (κ1) is 20.0. The summed E-state index contributed by atoms with van der Waals surface area (Å²) >= 11 is 0. The molecule has 0 aliphatic carbocycles. The van der Waals surface area contributed by atoms with E-state index in [1.807, 2.05) is 36.9 Å². The van der Waals surface area contributed by atoms with E-state index in [1.165, 1.54) is 6.20 Å². The third kappa shape index (κ3) is 4.95. The van der Waals surface area contributed by atoms with Gasteiger partial charge in [-0.15, -0.1) is 0 Å². The normalized spacial score (nSPS) is 15.2. The van der Waals surface area contributed by atoms with Crippen molar-refractivity contribution in [1.29, 1.82) is 0 Å². The van der Waals surface area contributed by atoms with Gasteiger partial charge in [-0.25, -0.2) is 0 Å². The number of nitrogens with one attached hydrogen (secondary N) is 1. The van der Waals surface area contributed by atoms with Crippen molar-refractivity contribution in [3.05, 3.63) is 40.7 Å². The third-order valence-corrected chi connectivity index (χ3v) is 4.84. The number of aromatic nitrogens is 2. The maximum absolute atomic E-state index is 12.6. The summed E-state index contributed by atoms with van der Waals surface area (Å²) in [6, 6.07) is 7.42. The van der Waals surface area contributed by atoms with E-state index in [4.69, 9.17) is 0 Å². The average Bonchev–Trinajstić information content (AvgIpc) is 2.67. The van der Waals surface area contributed by atoms with E-state index >= 15 is 0 Å². The number of hydrogen-bond donors (Lipinski definition) is 1. The van der Waals surface area contributed by atoms with E-state index in [1.54, 1.807) is 10.7 Å². The number of amides is 2. The average molecular weight is 385 g/mol. The zero-order valence-corrected chi connectivity index (χ0v) is 16.4. The summed E-state index contributed by atoms with van der Waals surface area (Å²) in [4.78, 5) is 40.2. The van der Waals surface area contributed by atoms with Gasteiger partial charge in [-0.05, 0) is 26.0 Å². The highest BCUT2D eigenvalue weighted by atomic mass is 16.2. The Labute approximate surface area is 164 Å². The first-order valence-corrected chi connectivity index (χ1v) is 9.68. The summed E-state index contributed by atoms with van der Waals surface area (Å²) in [5.41, 5.74) is 0.625. The van der Waals surface area contributed by atoms with Crippen LogP contribution in [0.1, 0.15) is 20.3 Å². The molecule has 0 bridgehead atoms. The van der Waals surface area contributed by atoms with Crippen LogP contribution in [0.5, 0.6) is 0 Å². The highest BCUT2D eigenvalue weighted by Crippen LogP contribution is 2.10. The number of para-hydroxylation sites is 1. The van der Waals surface area contributed by atoms with Crippen molar-refractivity contribution in [1.82, 2.24) is 24.9 Å². The summed E-state index contributed by atoms with van der Waals surface area (Å²) in [5, 5.41) is 7.67. The van der Waals surface area contributed by atoms with Crippen LogP contribution in [-0.2, 0) is 16.1 Å². The van der Waals surface area contributed by atoms with Crippen LogP contribution < -0.4 is 10.7 Å². The highest BCUT2D eigenvalue weighted by Gasteiger charge is 2.22. The molecule has 2 amide bonds. The van der Waals surface area contributed by atoms with E-state index in [2.05, 4.69) is 15.3 Å². The summed E-state index contributed by atoms with van der Waals surface area (Å²) in [6.45, 7) is 7.29. The second kappa shape index (κ2) is 8.97. The second-order valence-electron chi connectivity index (χ2n) is 7.38. The Balaban J connectivity index is 1.51. The van der Waals surface area contributed by atoms with Crippen molar-refractivity contribution in [3.63, 3.8) is 0 Å². The topological polar surface area (TPSA) is 87.5 Å². The molecule has 1 saturated heterocycles. The number of carbonyl (C=O) groups is 2. The Morgan fingerprint density at radius 3 is 2.57 bits per heavy atom. The Kier molecular flexibility index (Phi) is 6.41. The van der Waals surface area contributed by atoms with Gasteiger partial charge in [0, 0.05) is 44.0 Å². The maximum Gasteiger partial charge on any atom is 0.234 e. The van der Waals surface area contributed by atoms with E-state index in [-0.39, 0.29) is 23.3 Å². The van der Waals surface area contributed by atoms with Gasteiger partial charge in [0.15, 0.2) is 0 Å². The smallest absolute Gasteiger partial charge is 0.234 e. The largest absolute Gasteiger partial charge is 0.353 e. The van der Waals surface area contributed by atoms with Crippen LogP contribution in [0.4, 0.5) is 0 Å². The van der Waals surface area contributed by atoms with Gasteiger partial charge in [0.25, 0.3) is 0 Å². The van der Waals surface area contributed by atoms with Gasteiger partial charge in [0.2, 0.25) is 17.2 Å². The molecule has 0 radical (unpaired) electrons. The lowest BCUT2D eigenvalue weighted by Gasteiger charge is -2.34. The summed E-state index contributed by atoms with van der Waals surface area (Å²) < 4.78 is 1.71. The minimum absolute atomic E-state index is 0.0194. The number of nitrogens with zero attached hydrogens (tertiary/aromatic N) is 4. The lowest BCUT2D eigenvalue weighted by Crippen LogP contribution is -2.51. The molecule has 1 fully saturated rings. The number of fused-ring (bicyclic) bond motifs is 1. The van der Waals surface area contributed by atoms with Gasteiger partial charge in [-0.2, -0.15) is 5.10 Å². The van der Waals surface area contributed by atoms with Gasteiger partial charge in [0.05, 0.1) is 24.8 Å². The molecular formula is C20H27N5O3. The van der Waals surface area contributed by atoms with E-state index < -0.39 is 0 Å². The van der Waals surface area contributed by atoms with Crippen LogP contribution in [0, 0.1) is 0 Å². The Morgan fingerprint density at radius 2 is 1.86 bits per heavy atom. The van der Waals surface area contributed by atoms with Crippen molar-refractivity contribution >= 4 is 22.7 Å². The van der Waals surface area contributed by atoms with Gasteiger partial charge >= 0.3 is 0 Å². The first-order valence-electron chi connectivity index (χ1n) is 9.68. The molecule has 8 nitrogen and oxygen atoms in total. The molecule has 3 rings (SSSR count). The van der Waals surface area contributed by atoms with Crippen LogP contribution in [0.15, 0.2) is 35.3 Å². The second-order valence-corrected chi connectivity index (χ2v) is 7.38. The minimum Gasteiger partial charge on any atom is -0.353 e. The predicted molar refractivity (Wildman–Crippen MR) is 107 cm³/mol. The molecule has 150 valence electrons. The van der Waals surface area contributed by atoms with Gasteiger partial charge in [-0.3, -0.25) is 24.0 Å². The number of rotatable bonds is 6. The molecule has 1 N–H and O–H groups in total. The molecule has 2 aromatic rings. The van der Waals surface area contributed by atoms with Crippen LogP contribution in [-0.4, -0.2) is 70.2 Å². The quantitative estimate of drug-likeness (QED) is 0.780. The van der Waals surface area contributed by atoms with Crippen molar-refractivity contribution in [2.75, 3.05) is 32.7 Å². The lowest BCUT2D eigenvalue weighted by molar-refractivity contribution is -0.133. The summed E-state index contributed by atoms with van der Waals surface area (Å²) in [6.07, 6.45) is 1.63. The summed E-state index contributed by atoms with van der Waals surface area (Å²) in [7, 11) is 0. The minimum atomic E-state index is -0.115. The fourth-order valence-electron chi connectivity index (χ4n) is 3.42. The number of hydrogen-bond acceptors (Lipinski definition) is 5. The van der Waals surface area contributed by atoms with Crippen LogP contribution in [0.3, 0.4) is 0 Å². The molecule has 2 heterocycles. The Hall–Kier alpha value is -2.74. The molecule has 0 spiro atoms. The van der Waals surface area contributed by atoms with Crippen molar-refractivity contribution in [2.24, 2.45) is 0 Å². The molecule has 1 aliphatic rings. The molecule has 1 aromatic heterocycles. The fraction of sp³-hybridized carbons (Fsp3) is 0.500. The fourth-order valence-corrected chi connectivity index (χ4v) is 3.42. The van der Waals surface area contributed by atoms with E-state index in [0.29, 0.717) is 51.1 Å². The third-order valence-electron chi connectivity index (χ3n) is 4.84. The molecule has 1 aliphatic heterocycles. The lowest BCUT2D eigenvalue weighted by atomic mass is 10.2. The molecule has 8 heteroatoms. The maximum atomic E-state index is 12.6. The molecule has 28 heavy (non-hydrogen) atoms. The molecular weight excluding hydrogens is 358 g/mol. The predicted octanol–water partition coefficient (Wildman–Crippen LogP) is 0.455. The van der Waals surface area contributed by atoms with Crippen molar-refractivity contribution < 1.29 is 9.59 Å². The van der Waals surface area contributed by atoms with Gasteiger partial charge < -0.3 is 10.2 Å². The Bertz CT molecular complexity index is 900. The van der Waals surface area contributed by atoms with Gasteiger partial charge in [-0.1, -0.05) is 12.1 Å². The van der Waals surface area contributed by atoms with Crippen LogP contribution in [0.25, 0.3) is 10.9 Å². The van der Waals surface area contributed by atoms with Crippen LogP contribution in [0.2, 0.25) is 0 Å². The van der Waals surface area contributed by atoms with Crippen LogP contribution >= 0.6 is 0 Å². The number of benzene rings is 1. The van der Waals surface area contributed by atoms with E-state index in [0.717, 1.165) is 5.52 Å². The number of aryl methyl sites for hydroxylation is 1. The highest BCUT2D eigenvalue weighted by molar-refractivity contribution is 5.79. The monoisotopic (exact) mass is 385 g/mol. The SMILES string of the molecule is CC(C)NC(=O)CN1CCN(C(=O)CCn2ncc(=O)c3ccccc32)CC1. The first-order chi connectivity index (χ1) is 13.4. The zero-order chi connectivity index (χ0) is 20.1. The summed E-state index contributed by atoms with van der Waals surface area (Å²) in [5.74, 6) is 0.0850. The molecule has 0 unspecified atom stereocenters. The Morgan fingerprint density at radius 1 is 1.14 bits per heavy atom.